The third-order valence-electron chi connectivity index (χ3n) is 3.91. The fourth-order valence-corrected chi connectivity index (χ4v) is 3.21. The molecule has 0 radical (unpaired) electrons. The molecule has 1 aliphatic rings. The van der Waals surface area contributed by atoms with Gasteiger partial charge in [-0.25, -0.2) is 0 Å². The third kappa shape index (κ3) is 5.39. The lowest BCUT2D eigenvalue weighted by Gasteiger charge is -2.40. The number of benzene rings is 1. The lowest BCUT2D eigenvalue weighted by atomic mass is 10.0. The summed E-state index contributed by atoms with van der Waals surface area (Å²) in [6.45, 7) is 7.15. The number of hydrogen-bond acceptors (Lipinski definition) is 4. The van der Waals surface area contributed by atoms with Crippen molar-refractivity contribution in [1.29, 1.82) is 0 Å². The van der Waals surface area contributed by atoms with Crippen LogP contribution >= 0.6 is 11.8 Å². The van der Waals surface area contributed by atoms with Crippen LogP contribution in [0.25, 0.3) is 0 Å². The molecule has 24 heavy (non-hydrogen) atoms. The lowest BCUT2D eigenvalue weighted by Crippen LogP contribution is -2.55. The number of nitrogens with zero attached hydrogens (tertiary/aromatic N) is 1. The molecule has 1 heterocycles. The molecule has 0 saturated carbocycles. The average Bonchev–Trinajstić information content (AvgIpc) is 2.52. The highest BCUT2D eigenvalue weighted by molar-refractivity contribution is 8.00. The van der Waals surface area contributed by atoms with E-state index in [1.807, 2.05) is 13.8 Å². The van der Waals surface area contributed by atoms with E-state index in [-0.39, 0.29) is 27.8 Å². The summed E-state index contributed by atoms with van der Waals surface area (Å²) in [5.74, 6) is -0.497. The smallest absolute Gasteiger partial charge is 0.379 e. The summed E-state index contributed by atoms with van der Waals surface area (Å²) in [4.78, 5) is 14.5. The zero-order chi connectivity index (χ0) is 17.8. The van der Waals surface area contributed by atoms with Gasteiger partial charge in [0.15, 0.2) is 0 Å². The van der Waals surface area contributed by atoms with Crippen molar-refractivity contribution in [2.24, 2.45) is 0 Å². The van der Waals surface area contributed by atoms with E-state index in [4.69, 9.17) is 4.74 Å². The van der Waals surface area contributed by atoms with Gasteiger partial charge in [-0.3, -0.25) is 9.69 Å². The summed E-state index contributed by atoms with van der Waals surface area (Å²) in [5.41, 5.74) is -4.69. The molecule has 1 aromatic rings. The van der Waals surface area contributed by atoms with Gasteiger partial charge in [0, 0.05) is 30.1 Å². The van der Waals surface area contributed by atoms with Gasteiger partial charge < -0.3 is 10.1 Å². The topological polar surface area (TPSA) is 41.6 Å². The van der Waals surface area contributed by atoms with E-state index in [9.17, 15) is 18.0 Å². The standard InChI is InChI=1S/C16H21F3N2O2S/c1-15(2,21-7-9-23-10-8-21)11-20-14(22)12-5-3-4-6-13(12)24-16(17,18)19/h3-6H,7-11H2,1-2H3,(H,20,22). The first-order valence-corrected chi connectivity index (χ1v) is 8.46. The van der Waals surface area contributed by atoms with Crippen molar-refractivity contribution in [1.82, 2.24) is 10.2 Å². The van der Waals surface area contributed by atoms with Crippen molar-refractivity contribution < 1.29 is 22.7 Å². The highest BCUT2D eigenvalue weighted by Gasteiger charge is 2.32. The van der Waals surface area contributed by atoms with Crippen LogP contribution in [0.4, 0.5) is 13.2 Å². The van der Waals surface area contributed by atoms with Crippen molar-refractivity contribution >= 4 is 17.7 Å². The minimum atomic E-state index is -4.43. The highest BCUT2D eigenvalue weighted by Crippen LogP contribution is 2.38. The van der Waals surface area contributed by atoms with Crippen molar-refractivity contribution in [2.75, 3.05) is 32.8 Å². The minimum Gasteiger partial charge on any atom is -0.379 e. The first-order valence-electron chi connectivity index (χ1n) is 7.65. The summed E-state index contributed by atoms with van der Waals surface area (Å²) in [6.07, 6.45) is 0. The van der Waals surface area contributed by atoms with E-state index in [1.165, 1.54) is 18.2 Å². The second-order valence-electron chi connectivity index (χ2n) is 6.14. The Morgan fingerprint density at radius 3 is 2.50 bits per heavy atom. The molecule has 1 amide bonds. The summed E-state index contributed by atoms with van der Waals surface area (Å²) in [5, 5.41) is 2.76. The van der Waals surface area contributed by atoms with Crippen LogP contribution in [0.2, 0.25) is 0 Å². The maximum absolute atomic E-state index is 12.6. The Hall–Kier alpha value is -1.25. The fraction of sp³-hybridized carbons (Fsp3) is 0.562. The van der Waals surface area contributed by atoms with Crippen molar-refractivity contribution in [3.8, 4) is 0 Å². The predicted molar refractivity (Wildman–Crippen MR) is 87.2 cm³/mol. The summed E-state index contributed by atoms with van der Waals surface area (Å²) in [6, 6.07) is 5.76. The Bertz CT molecular complexity index is 573. The van der Waals surface area contributed by atoms with Crippen LogP contribution in [0.5, 0.6) is 0 Å². The molecule has 1 N–H and O–H groups in total. The lowest BCUT2D eigenvalue weighted by molar-refractivity contribution is -0.0328. The molecular formula is C16H21F3N2O2S. The molecule has 134 valence electrons. The molecule has 1 aromatic carbocycles. The molecule has 4 nitrogen and oxygen atoms in total. The van der Waals surface area contributed by atoms with Gasteiger partial charge in [-0.2, -0.15) is 13.2 Å². The van der Waals surface area contributed by atoms with E-state index in [1.54, 1.807) is 6.07 Å². The first kappa shape index (κ1) is 19.1. The van der Waals surface area contributed by atoms with Gasteiger partial charge in [-0.1, -0.05) is 12.1 Å². The minimum absolute atomic E-state index is 0.0394. The van der Waals surface area contributed by atoms with Crippen LogP contribution in [0, 0.1) is 0 Å². The Labute approximate surface area is 143 Å². The number of carbonyl (C=O) groups is 1. The highest BCUT2D eigenvalue weighted by atomic mass is 32.2. The monoisotopic (exact) mass is 362 g/mol. The molecule has 1 aliphatic heterocycles. The molecule has 8 heteroatoms. The number of rotatable bonds is 5. The first-order chi connectivity index (χ1) is 11.2. The number of carbonyl (C=O) groups excluding carboxylic acids is 1. The maximum atomic E-state index is 12.6. The number of amides is 1. The number of halogens is 3. The largest absolute Gasteiger partial charge is 0.446 e. The second kappa shape index (κ2) is 7.76. The second-order valence-corrected chi connectivity index (χ2v) is 7.25. The Kier molecular flexibility index (Phi) is 6.17. The van der Waals surface area contributed by atoms with Gasteiger partial charge in [0.25, 0.3) is 5.91 Å². The van der Waals surface area contributed by atoms with Crippen LogP contribution in [-0.2, 0) is 4.74 Å². The summed E-state index contributed by atoms with van der Waals surface area (Å²) < 4.78 is 43.2. The van der Waals surface area contributed by atoms with Crippen LogP contribution in [0.3, 0.4) is 0 Å². The molecule has 1 saturated heterocycles. The van der Waals surface area contributed by atoms with E-state index >= 15 is 0 Å². The van der Waals surface area contributed by atoms with Gasteiger partial charge in [0.2, 0.25) is 0 Å². The molecule has 0 bridgehead atoms. The fourth-order valence-electron chi connectivity index (χ4n) is 2.54. The van der Waals surface area contributed by atoms with Gasteiger partial charge in [0.05, 0.1) is 18.8 Å². The SMILES string of the molecule is CC(C)(CNC(=O)c1ccccc1SC(F)(F)F)N1CCOCC1. The number of thioether (sulfide) groups is 1. The number of ether oxygens (including phenoxy) is 1. The molecule has 0 unspecified atom stereocenters. The summed E-state index contributed by atoms with van der Waals surface area (Å²) >= 11 is -0.271. The van der Waals surface area contributed by atoms with Crippen LogP contribution < -0.4 is 5.32 Å². The summed E-state index contributed by atoms with van der Waals surface area (Å²) in [7, 11) is 0. The molecule has 2 rings (SSSR count). The van der Waals surface area contributed by atoms with E-state index in [2.05, 4.69) is 10.2 Å². The van der Waals surface area contributed by atoms with Crippen LogP contribution in [0.1, 0.15) is 24.2 Å². The zero-order valence-corrected chi connectivity index (χ0v) is 14.5. The van der Waals surface area contributed by atoms with E-state index < -0.39 is 11.4 Å². The Morgan fingerprint density at radius 1 is 1.25 bits per heavy atom. The van der Waals surface area contributed by atoms with Crippen molar-refractivity contribution in [3.63, 3.8) is 0 Å². The number of alkyl halides is 3. The molecule has 0 aliphatic carbocycles. The van der Waals surface area contributed by atoms with Gasteiger partial charge >= 0.3 is 5.51 Å². The molecule has 0 atom stereocenters. The number of nitrogens with one attached hydrogen (secondary N) is 1. The molecule has 0 aromatic heterocycles. The zero-order valence-electron chi connectivity index (χ0n) is 13.7. The van der Waals surface area contributed by atoms with E-state index in [0.29, 0.717) is 19.8 Å². The molecule has 0 spiro atoms. The average molecular weight is 362 g/mol. The van der Waals surface area contributed by atoms with Crippen molar-refractivity contribution in [3.05, 3.63) is 29.8 Å². The van der Waals surface area contributed by atoms with Crippen LogP contribution in [-0.4, -0.2) is 54.7 Å². The van der Waals surface area contributed by atoms with Gasteiger partial charge in [0.1, 0.15) is 0 Å². The number of morpholine rings is 1. The van der Waals surface area contributed by atoms with Crippen LogP contribution in [0.15, 0.2) is 29.2 Å². The third-order valence-corrected chi connectivity index (χ3v) is 4.71. The quantitative estimate of drug-likeness (QED) is 0.817. The Balaban J connectivity index is 2.02. The van der Waals surface area contributed by atoms with E-state index in [0.717, 1.165) is 13.1 Å². The Morgan fingerprint density at radius 2 is 1.88 bits per heavy atom. The molecule has 1 fully saturated rings. The maximum Gasteiger partial charge on any atom is 0.446 e. The predicted octanol–water partition coefficient (Wildman–Crippen LogP) is 3.14. The van der Waals surface area contributed by atoms with Crippen molar-refractivity contribution in [2.45, 2.75) is 29.8 Å². The normalized spacial score (nSPS) is 16.9. The number of hydrogen-bond donors (Lipinski definition) is 1. The van der Waals surface area contributed by atoms with Gasteiger partial charge in [-0.15, -0.1) is 0 Å². The van der Waals surface area contributed by atoms with Gasteiger partial charge in [-0.05, 0) is 37.7 Å². The molecular weight excluding hydrogens is 341 g/mol.